The van der Waals surface area contributed by atoms with Crippen molar-refractivity contribution in [1.82, 2.24) is 4.98 Å². The average Bonchev–Trinajstić information content (AvgIpc) is 2.92. The lowest BCUT2D eigenvalue weighted by atomic mass is 10.1. The van der Waals surface area contributed by atoms with Gasteiger partial charge in [0.25, 0.3) is 0 Å². The molecule has 0 saturated heterocycles. The third-order valence-corrected chi connectivity index (χ3v) is 4.18. The summed E-state index contributed by atoms with van der Waals surface area (Å²) in [4.78, 5) is 4.55. The van der Waals surface area contributed by atoms with Crippen molar-refractivity contribution in [2.45, 2.75) is 52.2 Å². The van der Waals surface area contributed by atoms with Crippen LogP contribution in [0.1, 0.15) is 43.0 Å². The van der Waals surface area contributed by atoms with E-state index in [9.17, 15) is 5.11 Å². The molecule has 114 valence electrons. The zero-order valence-electron chi connectivity index (χ0n) is 12.7. The van der Waals surface area contributed by atoms with Crippen LogP contribution in [0.2, 0.25) is 0 Å². The average molecular weight is 305 g/mol. The fourth-order valence-corrected chi connectivity index (χ4v) is 2.91. The van der Waals surface area contributed by atoms with E-state index in [0.717, 1.165) is 37.1 Å². The maximum Gasteiger partial charge on any atom is 0.131 e. The van der Waals surface area contributed by atoms with Crippen LogP contribution in [0.4, 0.5) is 0 Å². The Morgan fingerprint density at radius 1 is 1.24 bits per heavy atom. The molecule has 0 radical (unpaired) electrons. The van der Waals surface area contributed by atoms with Gasteiger partial charge in [-0.3, -0.25) is 0 Å². The summed E-state index contributed by atoms with van der Waals surface area (Å²) in [5.41, 5.74) is 2.23. The van der Waals surface area contributed by atoms with Gasteiger partial charge in [0.1, 0.15) is 12.4 Å². The summed E-state index contributed by atoms with van der Waals surface area (Å²) in [6, 6.07) is 8.08. The molecule has 1 unspecified atom stereocenters. The monoisotopic (exact) mass is 305 g/mol. The summed E-state index contributed by atoms with van der Waals surface area (Å²) in [5, 5.41) is 12.5. The van der Waals surface area contributed by atoms with Gasteiger partial charge in [0.05, 0.1) is 16.8 Å². The molecule has 1 N–H and O–H groups in total. The van der Waals surface area contributed by atoms with Gasteiger partial charge < -0.3 is 9.84 Å². The maximum absolute atomic E-state index is 9.29. The first-order chi connectivity index (χ1) is 10.2. The molecule has 0 bridgehead atoms. The first kappa shape index (κ1) is 16.0. The number of aliphatic hydroxyl groups is 1. The van der Waals surface area contributed by atoms with E-state index < -0.39 is 0 Å². The number of rotatable bonds is 8. The summed E-state index contributed by atoms with van der Waals surface area (Å²) < 4.78 is 5.76. The van der Waals surface area contributed by atoms with E-state index in [1.165, 1.54) is 10.6 Å². The number of ether oxygens (including phenoxy) is 1. The molecule has 2 aromatic rings. The summed E-state index contributed by atoms with van der Waals surface area (Å²) in [6.07, 6.45) is 3.61. The zero-order chi connectivity index (χ0) is 15.1. The second-order valence-corrected chi connectivity index (χ2v) is 6.25. The van der Waals surface area contributed by atoms with Crippen LogP contribution < -0.4 is 4.74 Å². The van der Waals surface area contributed by atoms with Crippen LogP contribution in [0.3, 0.4) is 0 Å². The van der Waals surface area contributed by atoms with E-state index >= 15 is 0 Å². The van der Waals surface area contributed by atoms with Crippen molar-refractivity contribution in [3.8, 4) is 5.75 Å². The Labute approximate surface area is 130 Å². The fraction of sp³-hybridized carbons (Fsp3) is 0.471. The minimum atomic E-state index is -0.247. The Morgan fingerprint density at radius 2 is 2.00 bits per heavy atom. The topological polar surface area (TPSA) is 42.4 Å². The van der Waals surface area contributed by atoms with E-state index in [2.05, 4.69) is 29.4 Å². The molecule has 1 heterocycles. The van der Waals surface area contributed by atoms with Crippen LogP contribution in [0.15, 0.2) is 29.6 Å². The highest BCUT2D eigenvalue weighted by Gasteiger charge is 2.03. The quantitative estimate of drug-likeness (QED) is 0.802. The second-order valence-electron chi connectivity index (χ2n) is 5.30. The van der Waals surface area contributed by atoms with Crippen LogP contribution in [-0.4, -0.2) is 16.2 Å². The molecule has 0 amide bonds. The van der Waals surface area contributed by atoms with Crippen molar-refractivity contribution < 1.29 is 9.84 Å². The summed E-state index contributed by atoms with van der Waals surface area (Å²) >= 11 is 1.71. The molecular weight excluding hydrogens is 282 g/mol. The van der Waals surface area contributed by atoms with Crippen molar-refractivity contribution in [1.29, 1.82) is 0 Å². The van der Waals surface area contributed by atoms with Crippen molar-refractivity contribution in [3.05, 3.63) is 45.9 Å². The number of hydrogen-bond donors (Lipinski definition) is 1. The van der Waals surface area contributed by atoms with Gasteiger partial charge in [-0.2, -0.15) is 0 Å². The van der Waals surface area contributed by atoms with E-state index in [1.807, 2.05) is 19.1 Å². The Kier molecular flexibility index (Phi) is 6.21. The standard InChI is InChI=1S/C17H23NO2S/c1-3-4-17-18-15(12-21-17)11-20-16-9-7-14(8-10-16)6-5-13(2)19/h7-10,12-13,19H,3-6,11H2,1-2H3. The van der Waals surface area contributed by atoms with Crippen LogP contribution in [0, 0.1) is 0 Å². The summed E-state index contributed by atoms with van der Waals surface area (Å²) in [7, 11) is 0. The van der Waals surface area contributed by atoms with Gasteiger partial charge in [-0.05, 0) is 50.3 Å². The third-order valence-electron chi connectivity index (χ3n) is 3.22. The van der Waals surface area contributed by atoms with Gasteiger partial charge in [-0.1, -0.05) is 19.1 Å². The molecule has 0 spiro atoms. The lowest BCUT2D eigenvalue weighted by Crippen LogP contribution is -2.01. The minimum absolute atomic E-state index is 0.247. The predicted octanol–water partition coefficient (Wildman–Crippen LogP) is 3.99. The molecule has 21 heavy (non-hydrogen) atoms. The highest BCUT2D eigenvalue weighted by molar-refractivity contribution is 7.09. The van der Waals surface area contributed by atoms with Crippen LogP contribution in [0.25, 0.3) is 0 Å². The first-order valence-electron chi connectivity index (χ1n) is 7.50. The van der Waals surface area contributed by atoms with Crippen molar-refractivity contribution in [2.75, 3.05) is 0 Å². The Bertz CT molecular complexity index is 534. The second kappa shape index (κ2) is 8.15. The van der Waals surface area contributed by atoms with Crippen LogP contribution in [-0.2, 0) is 19.4 Å². The van der Waals surface area contributed by atoms with E-state index in [1.54, 1.807) is 11.3 Å². The molecule has 1 aromatic heterocycles. The molecule has 2 rings (SSSR count). The Hall–Kier alpha value is -1.39. The number of hydrogen-bond acceptors (Lipinski definition) is 4. The van der Waals surface area contributed by atoms with Gasteiger partial charge in [-0.15, -0.1) is 11.3 Å². The van der Waals surface area contributed by atoms with Crippen LogP contribution >= 0.6 is 11.3 Å². The third kappa shape index (κ3) is 5.48. The minimum Gasteiger partial charge on any atom is -0.487 e. The molecule has 3 nitrogen and oxygen atoms in total. The molecule has 0 aliphatic heterocycles. The molecule has 1 atom stereocenters. The van der Waals surface area contributed by atoms with Gasteiger partial charge in [0.15, 0.2) is 0 Å². The number of aromatic nitrogens is 1. The highest BCUT2D eigenvalue weighted by Crippen LogP contribution is 2.17. The summed E-state index contributed by atoms with van der Waals surface area (Å²) in [6.45, 7) is 4.50. The van der Waals surface area contributed by atoms with Crippen molar-refractivity contribution in [3.63, 3.8) is 0 Å². The summed E-state index contributed by atoms with van der Waals surface area (Å²) in [5.74, 6) is 0.862. The smallest absolute Gasteiger partial charge is 0.131 e. The molecule has 4 heteroatoms. The largest absolute Gasteiger partial charge is 0.487 e. The van der Waals surface area contributed by atoms with Gasteiger partial charge >= 0.3 is 0 Å². The van der Waals surface area contributed by atoms with E-state index in [-0.39, 0.29) is 6.10 Å². The number of nitrogens with zero attached hydrogens (tertiary/aromatic N) is 1. The first-order valence-corrected chi connectivity index (χ1v) is 8.38. The zero-order valence-corrected chi connectivity index (χ0v) is 13.5. The lowest BCUT2D eigenvalue weighted by molar-refractivity contribution is 0.185. The normalized spacial score (nSPS) is 12.3. The molecule has 0 aliphatic carbocycles. The van der Waals surface area contributed by atoms with Crippen molar-refractivity contribution >= 4 is 11.3 Å². The van der Waals surface area contributed by atoms with Gasteiger partial charge in [0.2, 0.25) is 0 Å². The number of benzene rings is 1. The van der Waals surface area contributed by atoms with Gasteiger partial charge in [-0.25, -0.2) is 4.98 Å². The highest BCUT2D eigenvalue weighted by atomic mass is 32.1. The fourth-order valence-electron chi connectivity index (χ4n) is 2.03. The van der Waals surface area contributed by atoms with Gasteiger partial charge in [0, 0.05) is 5.38 Å². The maximum atomic E-state index is 9.29. The van der Waals surface area contributed by atoms with E-state index in [0.29, 0.717) is 6.61 Å². The molecule has 0 fully saturated rings. The number of aliphatic hydroxyl groups excluding tert-OH is 1. The molecular formula is C17H23NO2S. The molecule has 1 aromatic carbocycles. The van der Waals surface area contributed by atoms with Crippen molar-refractivity contribution in [2.24, 2.45) is 0 Å². The van der Waals surface area contributed by atoms with Crippen LogP contribution in [0.5, 0.6) is 5.75 Å². The Morgan fingerprint density at radius 3 is 2.67 bits per heavy atom. The lowest BCUT2D eigenvalue weighted by Gasteiger charge is -2.07. The molecule has 0 aliphatic rings. The SMILES string of the molecule is CCCc1nc(COc2ccc(CCC(C)O)cc2)cs1. The van der Waals surface area contributed by atoms with E-state index in [4.69, 9.17) is 4.74 Å². The predicted molar refractivity (Wildman–Crippen MR) is 86.9 cm³/mol. The number of thiazole rings is 1. The molecule has 0 saturated carbocycles. The Balaban J connectivity index is 1.82. The number of aryl methyl sites for hydroxylation is 2.